The van der Waals surface area contributed by atoms with E-state index in [9.17, 15) is 4.79 Å². The number of ether oxygens (including phenoxy) is 2. The lowest BCUT2D eigenvalue weighted by molar-refractivity contribution is -0.134. The first-order chi connectivity index (χ1) is 12.2. The predicted octanol–water partition coefficient (Wildman–Crippen LogP) is 2.90. The van der Waals surface area contributed by atoms with Crippen LogP contribution in [-0.2, 0) is 24.3 Å². The molecule has 0 aromatic heterocycles. The molecule has 1 atom stereocenters. The van der Waals surface area contributed by atoms with Gasteiger partial charge in [-0.1, -0.05) is 30.3 Å². The Morgan fingerprint density at radius 1 is 1.15 bits per heavy atom. The molecule has 2 aromatic rings. The summed E-state index contributed by atoms with van der Waals surface area (Å²) in [6, 6.07) is 14.0. The summed E-state index contributed by atoms with van der Waals surface area (Å²) in [5, 5.41) is 3.38. The molecule has 1 unspecified atom stereocenters. The van der Waals surface area contributed by atoms with Crippen LogP contribution in [0, 0.1) is 0 Å². The van der Waals surface area contributed by atoms with Crippen LogP contribution in [0.25, 0.3) is 0 Å². The molecule has 2 aromatic carbocycles. The van der Waals surface area contributed by atoms with E-state index in [-0.39, 0.29) is 31.1 Å². The second kappa shape index (κ2) is 7.98. The molecule has 2 aliphatic heterocycles. The van der Waals surface area contributed by atoms with Crippen LogP contribution < -0.4 is 14.8 Å². The smallest absolute Gasteiger partial charge is 0.240 e. The highest BCUT2D eigenvalue weighted by Crippen LogP contribution is 2.32. The number of rotatable bonds is 4. The molecule has 4 rings (SSSR count). The van der Waals surface area contributed by atoms with Crippen molar-refractivity contribution in [3.05, 3.63) is 59.2 Å². The number of carbonyl (C=O) groups is 1. The van der Waals surface area contributed by atoms with Crippen LogP contribution >= 0.6 is 12.4 Å². The van der Waals surface area contributed by atoms with E-state index in [1.807, 2.05) is 42.2 Å². The Morgan fingerprint density at radius 2 is 1.92 bits per heavy atom. The van der Waals surface area contributed by atoms with Crippen molar-refractivity contribution in [1.82, 2.24) is 10.2 Å². The van der Waals surface area contributed by atoms with Gasteiger partial charge in [0.2, 0.25) is 12.7 Å². The third kappa shape index (κ3) is 3.64. The van der Waals surface area contributed by atoms with Gasteiger partial charge in [0.15, 0.2) is 11.5 Å². The fraction of sp³-hybridized carbons (Fsp3) is 0.350. The topological polar surface area (TPSA) is 50.8 Å². The minimum Gasteiger partial charge on any atom is -0.454 e. The largest absolute Gasteiger partial charge is 0.454 e. The molecule has 138 valence electrons. The number of hydrogen-bond acceptors (Lipinski definition) is 4. The molecule has 6 heteroatoms. The Kier molecular flexibility index (Phi) is 5.69. The molecule has 5 nitrogen and oxygen atoms in total. The number of carbonyl (C=O) groups excluding carboxylic acids is 1. The lowest BCUT2D eigenvalue weighted by Gasteiger charge is -2.30. The molecule has 2 heterocycles. The summed E-state index contributed by atoms with van der Waals surface area (Å²) in [7, 11) is 0. The molecule has 0 saturated heterocycles. The van der Waals surface area contributed by atoms with Crippen molar-refractivity contribution in [3.8, 4) is 11.5 Å². The van der Waals surface area contributed by atoms with E-state index < -0.39 is 0 Å². The van der Waals surface area contributed by atoms with E-state index >= 15 is 0 Å². The standard InChI is InChI=1S/C20H22N2O3.ClH/c1-2-22(12-14-7-8-18-19(9-14)25-13-24-18)20(23)17-10-15-5-3-4-6-16(15)11-21-17;/h3-9,17,21H,2,10-13H2,1H3;1H. The number of amides is 1. The van der Waals surface area contributed by atoms with Gasteiger partial charge in [-0.2, -0.15) is 0 Å². The summed E-state index contributed by atoms with van der Waals surface area (Å²) in [6.07, 6.45) is 0.743. The lowest BCUT2D eigenvalue weighted by Crippen LogP contribution is -2.49. The van der Waals surface area contributed by atoms with Gasteiger partial charge < -0.3 is 19.7 Å². The van der Waals surface area contributed by atoms with Crippen molar-refractivity contribution in [1.29, 1.82) is 0 Å². The first-order valence-electron chi connectivity index (χ1n) is 8.72. The number of benzene rings is 2. The fourth-order valence-corrected chi connectivity index (χ4v) is 3.45. The molecule has 1 N–H and O–H groups in total. The summed E-state index contributed by atoms with van der Waals surface area (Å²) < 4.78 is 10.8. The highest BCUT2D eigenvalue weighted by atomic mass is 35.5. The van der Waals surface area contributed by atoms with Crippen LogP contribution in [0.4, 0.5) is 0 Å². The van der Waals surface area contributed by atoms with Crippen molar-refractivity contribution in [3.63, 3.8) is 0 Å². The highest BCUT2D eigenvalue weighted by molar-refractivity contribution is 5.85. The number of likely N-dealkylation sites (N-methyl/N-ethyl adjacent to an activating group) is 1. The maximum atomic E-state index is 13.0. The molecule has 0 spiro atoms. The van der Waals surface area contributed by atoms with Crippen LogP contribution in [0.15, 0.2) is 42.5 Å². The van der Waals surface area contributed by atoms with E-state index in [2.05, 4.69) is 17.4 Å². The van der Waals surface area contributed by atoms with Crippen molar-refractivity contribution < 1.29 is 14.3 Å². The molecule has 0 bridgehead atoms. The fourth-order valence-electron chi connectivity index (χ4n) is 3.45. The number of halogens is 1. The zero-order chi connectivity index (χ0) is 17.2. The summed E-state index contributed by atoms with van der Waals surface area (Å²) in [4.78, 5) is 14.9. The predicted molar refractivity (Wildman–Crippen MR) is 102 cm³/mol. The lowest BCUT2D eigenvalue weighted by atomic mass is 9.95. The van der Waals surface area contributed by atoms with Crippen molar-refractivity contribution in [2.75, 3.05) is 13.3 Å². The minimum atomic E-state index is -0.163. The summed E-state index contributed by atoms with van der Waals surface area (Å²) in [5.41, 5.74) is 3.60. The van der Waals surface area contributed by atoms with Gasteiger partial charge in [-0.15, -0.1) is 12.4 Å². The van der Waals surface area contributed by atoms with Gasteiger partial charge in [-0.3, -0.25) is 4.79 Å². The number of nitrogens with zero attached hydrogens (tertiary/aromatic N) is 1. The van der Waals surface area contributed by atoms with Gasteiger partial charge in [0.1, 0.15) is 0 Å². The number of fused-ring (bicyclic) bond motifs is 2. The summed E-state index contributed by atoms with van der Waals surface area (Å²) in [5.74, 6) is 1.67. The number of hydrogen-bond donors (Lipinski definition) is 1. The molecule has 0 radical (unpaired) electrons. The normalized spacial score (nSPS) is 17.2. The average Bonchev–Trinajstić information content (AvgIpc) is 3.13. The first kappa shape index (κ1) is 18.5. The van der Waals surface area contributed by atoms with Crippen molar-refractivity contribution in [2.24, 2.45) is 0 Å². The summed E-state index contributed by atoms with van der Waals surface area (Å²) in [6.45, 7) is 4.27. The Morgan fingerprint density at radius 3 is 2.73 bits per heavy atom. The van der Waals surface area contributed by atoms with Gasteiger partial charge in [-0.25, -0.2) is 0 Å². The third-order valence-electron chi connectivity index (χ3n) is 4.88. The van der Waals surface area contributed by atoms with E-state index in [0.29, 0.717) is 13.1 Å². The van der Waals surface area contributed by atoms with Crippen LogP contribution in [0.5, 0.6) is 11.5 Å². The third-order valence-corrected chi connectivity index (χ3v) is 4.88. The molecule has 2 aliphatic rings. The molecular formula is C20H23ClN2O3. The van der Waals surface area contributed by atoms with Crippen molar-refractivity contribution in [2.45, 2.75) is 32.5 Å². The van der Waals surface area contributed by atoms with Gasteiger partial charge in [0.25, 0.3) is 0 Å². The quantitative estimate of drug-likeness (QED) is 0.894. The first-order valence-corrected chi connectivity index (χ1v) is 8.72. The van der Waals surface area contributed by atoms with E-state index in [1.165, 1.54) is 11.1 Å². The van der Waals surface area contributed by atoms with Gasteiger partial charge in [0, 0.05) is 19.6 Å². The van der Waals surface area contributed by atoms with Gasteiger partial charge in [0.05, 0.1) is 6.04 Å². The second-order valence-electron chi connectivity index (χ2n) is 6.45. The molecular weight excluding hydrogens is 352 g/mol. The number of nitrogens with one attached hydrogen (secondary N) is 1. The molecule has 0 fully saturated rings. The van der Waals surface area contributed by atoms with E-state index in [0.717, 1.165) is 30.0 Å². The van der Waals surface area contributed by atoms with Gasteiger partial charge >= 0.3 is 0 Å². The second-order valence-corrected chi connectivity index (χ2v) is 6.45. The Balaban J connectivity index is 0.00000196. The molecule has 0 aliphatic carbocycles. The van der Waals surface area contributed by atoms with Crippen LogP contribution in [0.1, 0.15) is 23.6 Å². The highest BCUT2D eigenvalue weighted by Gasteiger charge is 2.27. The van der Waals surface area contributed by atoms with Crippen LogP contribution in [0.3, 0.4) is 0 Å². The van der Waals surface area contributed by atoms with Gasteiger partial charge in [-0.05, 0) is 42.2 Å². The molecule has 1 amide bonds. The Labute approximate surface area is 159 Å². The van der Waals surface area contributed by atoms with Crippen LogP contribution in [0.2, 0.25) is 0 Å². The van der Waals surface area contributed by atoms with E-state index in [4.69, 9.17) is 9.47 Å². The van der Waals surface area contributed by atoms with E-state index in [1.54, 1.807) is 0 Å². The monoisotopic (exact) mass is 374 g/mol. The molecule has 26 heavy (non-hydrogen) atoms. The zero-order valence-corrected chi connectivity index (χ0v) is 15.6. The SMILES string of the molecule is CCN(Cc1ccc2c(c1)OCO2)C(=O)C1Cc2ccccc2CN1.Cl. The average molecular weight is 375 g/mol. The summed E-state index contributed by atoms with van der Waals surface area (Å²) >= 11 is 0. The molecule has 0 saturated carbocycles. The Bertz CT molecular complexity index is 796. The Hall–Kier alpha value is -2.24. The van der Waals surface area contributed by atoms with Crippen molar-refractivity contribution >= 4 is 18.3 Å². The maximum absolute atomic E-state index is 13.0. The minimum absolute atomic E-state index is 0. The maximum Gasteiger partial charge on any atom is 0.240 e. The van der Waals surface area contributed by atoms with Crippen LogP contribution in [-0.4, -0.2) is 30.2 Å². The zero-order valence-electron chi connectivity index (χ0n) is 14.7.